The number of nitrogens with two attached hydrogens (primary N) is 1. The van der Waals surface area contributed by atoms with E-state index in [-0.39, 0.29) is 11.4 Å². The molecule has 3 heteroatoms. The van der Waals surface area contributed by atoms with E-state index >= 15 is 0 Å². The van der Waals surface area contributed by atoms with Crippen LogP contribution in [-0.2, 0) is 11.2 Å². The van der Waals surface area contributed by atoms with Crippen LogP contribution in [0.4, 0.5) is 5.69 Å². The maximum atomic E-state index is 11.9. The number of anilines is 1. The molecule has 1 amide bonds. The molecule has 3 nitrogen and oxygen atoms in total. The van der Waals surface area contributed by atoms with Crippen molar-refractivity contribution in [3.63, 3.8) is 0 Å². The van der Waals surface area contributed by atoms with Crippen LogP contribution in [0.2, 0.25) is 0 Å². The molecule has 1 aromatic rings. The Balaban J connectivity index is 1.81. The van der Waals surface area contributed by atoms with Crippen LogP contribution in [0.25, 0.3) is 0 Å². The summed E-state index contributed by atoms with van der Waals surface area (Å²) in [5, 5.41) is 3.19. The second kappa shape index (κ2) is 5.42. The average molecular weight is 246 g/mol. The molecule has 1 saturated carbocycles. The van der Waals surface area contributed by atoms with Crippen LogP contribution in [0.15, 0.2) is 24.3 Å². The molecule has 0 radical (unpaired) electrons. The molecule has 0 heterocycles. The number of hydrogen-bond donors (Lipinski definition) is 2. The summed E-state index contributed by atoms with van der Waals surface area (Å²) >= 11 is 0. The first-order valence-electron chi connectivity index (χ1n) is 6.79. The smallest absolute Gasteiger partial charge is 0.220 e. The van der Waals surface area contributed by atoms with Crippen molar-refractivity contribution in [1.82, 2.24) is 5.32 Å². The first-order chi connectivity index (χ1) is 8.63. The maximum Gasteiger partial charge on any atom is 0.220 e. The third-order valence-corrected chi connectivity index (χ3v) is 3.98. The Morgan fingerprint density at radius 1 is 1.44 bits per heavy atom. The molecule has 98 valence electrons. The standard InChI is InChI=1S/C15H22N2O/c1-2-15(9-4-10-15)17-14(18)8-7-12-5-3-6-13(16)11-12/h3,5-6,11H,2,4,7-10,16H2,1H3,(H,17,18). The predicted octanol–water partition coefficient (Wildman–Crippen LogP) is 2.65. The van der Waals surface area contributed by atoms with Gasteiger partial charge < -0.3 is 11.1 Å². The van der Waals surface area contributed by atoms with Crippen molar-refractivity contribution in [3.05, 3.63) is 29.8 Å². The largest absolute Gasteiger partial charge is 0.399 e. The summed E-state index contributed by atoms with van der Waals surface area (Å²) in [6.07, 6.45) is 5.85. The lowest BCUT2D eigenvalue weighted by Crippen LogP contribution is -2.53. The zero-order valence-corrected chi connectivity index (χ0v) is 11.0. The molecular formula is C15H22N2O. The average Bonchev–Trinajstić information content (AvgIpc) is 2.31. The lowest BCUT2D eigenvalue weighted by atomic mass is 9.75. The summed E-state index contributed by atoms with van der Waals surface area (Å²) < 4.78 is 0. The molecule has 18 heavy (non-hydrogen) atoms. The number of aryl methyl sites for hydroxylation is 1. The lowest BCUT2D eigenvalue weighted by molar-refractivity contribution is -0.124. The SMILES string of the molecule is CCC1(NC(=O)CCc2cccc(N)c2)CCC1. The molecule has 1 aliphatic rings. The Morgan fingerprint density at radius 3 is 2.78 bits per heavy atom. The summed E-state index contributed by atoms with van der Waals surface area (Å²) in [5.74, 6) is 0.166. The van der Waals surface area contributed by atoms with E-state index in [1.807, 2.05) is 24.3 Å². The van der Waals surface area contributed by atoms with Crippen molar-refractivity contribution in [2.24, 2.45) is 0 Å². The predicted molar refractivity (Wildman–Crippen MR) is 74.2 cm³/mol. The molecule has 0 aliphatic heterocycles. The van der Waals surface area contributed by atoms with Gasteiger partial charge in [-0.05, 0) is 49.8 Å². The summed E-state index contributed by atoms with van der Waals surface area (Å²) in [6.45, 7) is 2.15. The fourth-order valence-electron chi connectivity index (χ4n) is 2.54. The maximum absolute atomic E-state index is 11.9. The van der Waals surface area contributed by atoms with Crippen molar-refractivity contribution in [1.29, 1.82) is 0 Å². The molecule has 0 aromatic heterocycles. The molecule has 1 aliphatic carbocycles. The third kappa shape index (κ3) is 3.03. The van der Waals surface area contributed by atoms with Crippen LogP contribution in [0.1, 0.15) is 44.6 Å². The van der Waals surface area contributed by atoms with Gasteiger partial charge in [0.05, 0.1) is 0 Å². The second-order valence-electron chi connectivity index (χ2n) is 5.28. The van der Waals surface area contributed by atoms with Gasteiger partial charge in [0.2, 0.25) is 5.91 Å². The van der Waals surface area contributed by atoms with E-state index < -0.39 is 0 Å². The summed E-state index contributed by atoms with van der Waals surface area (Å²) in [4.78, 5) is 11.9. The van der Waals surface area contributed by atoms with Gasteiger partial charge in [-0.15, -0.1) is 0 Å². The normalized spacial score (nSPS) is 16.9. The van der Waals surface area contributed by atoms with E-state index in [1.165, 1.54) is 6.42 Å². The van der Waals surface area contributed by atoms with Gasteiger partial charge in [0, 0.05) is 17.6 Å². The minimum Gasteiger partial charge on any atom is -0.399 e. The molecule has 0 spiro atoms. The first-order valence-corrected chi connectivity index (χ1v) is 6.79. The highest BCUT2D eigenvalue weighted by Crippen LogP contribution is 2.34. The van der Waals surface area contributed by atoms with Gasteiger partial charge in [-0.2, -0.15) is 0 Å². The Kier molecular flexibility index (Phi) is 3.90. The molecule has 1 aromatic carbocycles. The van der Waals surface area contributed by atoms with E-state index in [0.29, 0.717) is 6.42 Å². The molecule has 1 fully saturated rings. The van der Waals surface area contributed by atoms with Crippen molar-refractivity contribution in [2.45, 2.75) is 51.0 Å². The van der Waals surface area contributed by atoms with E-state index in [1.54, 1.807) is 0 Å². The zero-order chi connectivity index (χ0) is 13.0. The summed E-state index contributed by atoms with van der Waals surface area (Å²) in [6, 6.07) is 7.75. The van der Waals surface area contributed by atoms with Gasteiger partial charge >= 0.3 is 0 Å². The quantitative estimate of drug-likeness (QED) is 0.785. The third-order valence-electron chi connectivity index (χ3n) is 3.98. The van der Waals surface area contributed by atoms with Crippen LogP contribution in [-0.4, -0.2) is 11.4 Å². The number of carbonyl (C=O) groups is 1. The van der Waals surface area contributed by atoms with Crippen molar-refractivity contribution in [2.75, 3.05) is 5.73 Å². The highest BCUT2D eigenvalue weighted by molar-refractivity contribution is 5.77. The summed E-state index contributed by atoms with van der Waals surface area (Å²) in [7, 11) is 0. The first kappa shape index (κ1) is 12.9. The minimum absolute atomic E-state index is 0.104. The molecule has 0 bridgehead atoms. The molecule has 3 N–H and O–H groups in total. The number of amides is 1. The van der Waals surface area contributed by atoms with Crippen molar-refractivity contribution < 1.29 is 4.79 Å². The van der Waals surface area contributed by atoms with Gasteiger partial charge in [-0.1, -0.05) is 19.1 Å². The molecule has 0 saturated heterocycles. The van der Waals surface area contributed by atoms with Crippen LogP contribution in [0, 0.1) is 0 Å². The van der Waals surface area contributed by atoms with Crippen LogP contribution >= 0.6 is 0 Å². The fourth-order valence-corrected chi connectivity index (χ4v) is 2.54. The number of benzene rings is 1. The second-order valence-corrected chi connectivity index (χ2v) is 5.28. The summed E-state index contributed by atoms with van der Waals surface area (Å²) in [5.41, 5.74) is 7.71. The van der Waals surface area contributed by atoms with Crippen molar-refractivity contribution >= 4 is 11.6 Å². The lowest BCUT2D eigenvalue weighted by Gasteiger charge is -2.42. The Bertz CT molecular complexity index is 419. The van der Waals surface area contributed by atoms with Crippen LogP contribution in [0.5, 0.6) is 0 Å². The van der Waals surface area contributed by atoms with Gasteiger partial charge in [0.15, 0.2) is 0 Å². The fraction of sp³-hybridized carbons (Fsp3) is 0.533. The number of nitrogen functional groups attached to an aromatic ring is 1. The highest BCUT2D eigenvalue weighted by atomic mass is 16.1. The van der Waals surface area contributed by atoms with Gasteiger partial charge in [-0.25, -0.2) is 0 Å². The number of hydrogen-bond acceptors (Lipinski definition) is 2. The highest BCUT2D eigenvalue weighted by Gasteiger charge is 2.36. The zero-order valence-electron chi connectivity index (χ0n) is 11.0. The molecule has 0 unspecified atom stereocenters. The van der Waals surface area contributed by atoms with Gasteiger partial charge in [0.25, 0.3) is 0 Å². The number of rotatable bonds is 5. The Morgan fingerprint density at radius 2 is 2.22 bits per heavy atom. The topological polar surface area (TPSA) is 55.1 Å². The van der Waals surface area contributed by atoms with E-state index in [0.717, 1.165) is 36.9 Å². The Hall–Kier alpha value is -1.51. The number of carbonyl (C=O) groups excluding carboxylic acids is 1. The molecule has 2 rings (SSSR count). The molecule has 0 atom stereocenters. The Labute approximate surface area is 109 Å². The van der Waals surface area contributed by atoms with Crippen LogP contribution < -0.4 is 11.1 Å². The molecular weight excluding hydrogens is 224 g/mol. The number of nitrogens with one attached hydrogen (secondary N) is 1. The van der Waals surface area contributed by atoms with Crippen molar-refractivity contribution in [3.8, 4) is 0 Å². The van der Waals surface area contributed by atoms with E-state index in [9.17, 15) is 4.79 Å². The van der Waals surface area contributed by atoms with E-state index in [4.69, 9.17) is 5.73 Å². The van der Waals surface area contributed by atoms with Gasteiger partial charge in [-0.3, -0.25) is 4.79 Å². The minimum atomic E-state index is 0.104. The van der Waals surface area contributed by atoms with E-state index in [2.05, 4.69) is 12.2 Å². The van der Waals surface area contributed by atoms with Crippen LogP contribution in [0.3, 0.4) is 0 Å². The van der Waals surface area contributed by atoms with Gasteiger partial charge in [0.1, 0.15) is 0 Å². The monoisotopic (exact) mass is 246 g/mol.